The minimum absolute atomic E-state index is 0.243. The lowest BCUT2D eigenvalue weighted by Crippen LogP contribution is -2.27. The smallest absolute Gasteiger partial charge is 0.288 e. The lowest BCUT2D eigenvalue weighted by Gasteiger charge is -2.09. The number of benzene rings is 1. The highest BCUT2D eigenvalue weighted by atomic mass is 32.2. The molecule has 0 saturated carbocycles. The summed E-state index contributed by atoms with van der Waals surface area (Å²) in [6.07, 6.45) is 6.77. The predicted molar refractivity (Wildman–Crippen MR) is 90.6 cm³/mol. The maximum Gasteiger partial charge on any atom is 0.288 e. The quantitative estimate of drug-likeness (QED) is 0.647. The van der Waals surface area contributed by atoms with Crippen molar-refractivity contribution in [3.8, 4) is 11.1 Å². The Kier molecular flexibility index (Phi) is 5.49. The summed E-state index contributed by atoms with van der Waals surface area (Å²) in [4.78, 5) is 12.5. The van der Waals surface area contributed by atoms with Gasteiger partial charge in [-0.1, -0.05) is 23.9 Å². The van der Waals surface area contributed by atoms with Gasteiger partial charge in [-0.25, -0.2) is 0 Å². The van der Waals surface area contributed by atoms with Crippen molar-refractivity contribution in [1.82, 2.24) is 15.1 Å². The molecule has 0 unspecified atom stereocenters. The van der Waals surface area contributed by atoms with Gasteiger partial charge in [0, 0.05) is 28.8 Å². The number of carbonyl (C=O) groups is 1. The van der Waals surface area contributed by atoms with Gasteiger partial charge >= 0.3 is 0 Å². The van der Waals surface area contributed by atoms with E-state index in [1.165, 1.54) is 12.1 Å². The number of amides is 1. The molecule has 3 aromatic rings. The molecule has 0 atom stereocenters. The van der Waals surface area contributed by atoms with Crippen LogP contribution in [0, 0.1) is 0 Å². The van der Waals surface area contributed by atoms with Gasteiger partial charge in [0.2, 0.25) is 0 Å². The van der Waals surface area contributed by atoms with E-state index in [2.05, 4.69) is 10.4 Å². The minimum Gasteiger partial charge on any atom is -0.472 e. The molecule has 0 radical (unpaired) electrons. The number of aromatic nitrogens is 2. The third-order valence-electron chi connectivity index (χ3n) is 3.46. The third kappa shape index (κ3) is 4.48. The summed E-state index contributed by atoms with van der Waals surface area (Å²) >= 11 is 0.364. The maximum atomic E-state index is 12.6. The number of hydrogen-bond donors (Lipinski definition) is 1. The van der Waals surface area contributed by atoms with Crippen molar-refractivity contribution >= 4 is 17.7 Å². The van der Waals surface area contributed by atoms with E-state index in [9.17, 15) is 13.6 Å². The van der Waals surface area contributed by atoms with Crippen LogP contribution in [0.1, 0.15) is 10.4 Å². The van der Waals surface area contributed by atoms with E-state index in [4.69, 9.17) is 4.42 Å². The van der Waals surface area contributed by atoms with Gasteiger partial charge < -0.3 is 9.73 Å². The molecular formula is C17H15F2N3O2S. The molecule has 25 heavy (non-hydrogen) atoms. The Labute approximate surface area is 147 Å². The Morgan fingerprint density at radius 1 is 1.28 bits per heavy atom. The van der Waals surface area contributed by atoms with Crippen molar-refractivity contribution in [2.75, 3.05) is 6.54 Å². The van der Waals surface area contributed by atoms with Crippen LogP contribution < -0.4 is 5.32 Å². The Bertz CT molecular complexity index is 834. The van der Waals surface area contributed by atoms with Gasteiger partial charge in [0.1, 0.15) is 0 Å². The molecule has 5 nitrogen and oxygen atoms in total. The molecular weight excluding hydrogens is 348 g/mol. The highest BCUT2D eigenvalue weighted by Gasteiger charge is 2.14. The number of alkyl halides is 2. The van der Waals surface area contributed by atoms with E-state index < -0.39 is 5.76 Å². The first-order valence-electron chi connectivity index (χ1n) is 7.50. The lowest BCUT2D eigenvalue weighted by atomic mass is 10.2. The van der Waals surface area contributed by atoms with Crippen LogP contribution in [0.25, 0.3) is 11.1 Å². The van der Waals surface area contributed by atoms with Crippen LogP contribution in [0.2, 0.25) is 0 Å². The molecule has 0 fully saturated rings. The molecule has 0 aliphatic carbocycles. The number of thioether (sulfide) groups is 1. The predicted octanol–water partition coefficient (Wildman–Crippen LogP) is 3.89. The Morgan fingerprint density at radius 2 is 2.12 bits per heavy atom. The number of carbonyl (C=O) groups excluding carboxylic acids is 1. The number of nitrogens with zero attached hydrogens (tertiary/aromatic N) is 2. The summed E-state index contributed by atoms with van der Waals surface area (Å²) in [5.74, 6) is -2.95. The van der Waals surface area contributed by atoms with Crippen LogP contribution in [0.3, 0.4) is 0 Å². The molecule has 0 spiro atoms. The van der Waals surface area contributed by atoms with E-state index in [0.29, 0.717) is 24.9 Å². The molecule has 1 N–H and O–H groups in total. The van der Waals surface area contributed by atoms with E-state index in [0.717, 1.165) is 11.1 Å². The van der Waals surface area contributed by atoms with E-state index in [1.807, 2.05) is 12.3 Å². The van der Waals surface area contributed by atoms with Gasteiger partial charge in [-0.2, -0.15) is 13.9 Å². The second kappa shape index (κ2) is 7.98. The largest absolute Gasteiger partial charge is 0.472 e. The SMILES string of the molecule is O=C(NCCn1cc(-c2ccoc2)cn1)c1ccccc1SC(F)F. The average molecular weight is 363 g/mol. The zero-order chi connectivity index (χ0) is 17.6. The molecule has 0 bridgehead atoms. The fraction of sp³-hybridized carbons (Fsp3) is 0.176. The molecule has 2 heterocycles. The first-order chi connectivity index (χ1) is 12.1. The van der Waals surface area contributed by atoms with Crippen LogP contribution in [-0.2, 0) is 6.54 Å². The Balaban J connectivity index is 1.57. The normalized spacial score (nSPS) is 11.0. The van der Waals surface area contributed by atoms with Crippen molar-refractivity contribution in [2.45, 2.75) is 17.2 Å². The molecule has 1 amide bonds. The van der Waals surface area contributed by atoms with Gasteiger partial charge in [-0.3, -0.25) is 9.48 Å². The van der Waals surface area contributed by atoms with Crippen LogP contribution in [0.15, 0.2) is 64.6 Å². The highest BCUT2D eigenvalue weighted by molar-refractivity contribution is 7.99. The molecule has 8 heteroatoms. The molecule has 130 valence electrons. The Hall–Kier alpha value is -2.61. The summed E-state index contributed by atoms with van der Waals surface area (Å²) in [5.41, 5.74) is 2.08. The van der Waals surface area contributed by atoms with Crippen LogP contribution >= 0.6 is 11.8 Å². The summed E-state index contributed by atoms with van der Waals surface area (Å²) < 4.78 is 31.9. The molecule has 1 aromatic carbocycles. The van der Waals surface area contributed by atoms with Crippen molar-refractivity contribution in [3.05, 3.63) is 60.8 Å². The van der Waals surface area contributed by atoms with Crippen molar-refractivity contribution in [1.29, 1.82) is 0 Å². The van der Waals surface area contributed by atoms with Crippen molar-refractivity contribution < 1.29 is 18.0 Å². The fourth-order valence-corrected chi connectivity index (χ4v) is 2.93. The van der Waals surface area contributed by atoms with E-state index in [1.54, 1.807) is 35.5 Å². The number of halogens is 2. The standard InChI is InChI=1S/C17H15F2N3O2S/c18-17(19)25-15-4-2-1-3-14(15)16(23)20-6-7-22-10-13(9-21-22)12-5-8-24-11-12/h1-5,8-11,17H,6-7H2,(H,20,23). The first kappa shape index (κ1) is 17.2. The van der Waals surface area contributed by atoms with Crippen LogP contribution in [0.5, 0.6) is 0 Å². The molecule has 2 aromatic heterocycles. The van der Waals surface area contributed by atoms with Gasteiger partial charge in [0.15, 0.2) is 0 Å². The average Bonchev–Trinajstić information content (AvgIpc) is 3.26. The monoisotopic (exact) mass is 363 g/mol. The van der Waals surface area contributed by atoms with Crippen molar-refractivity contribution in [3.63, 3.8) is 0 Å². The van der Waals surface area contributed by atoms with E-state index >= 15 is 0 Å². The van der Waals surface area contributed by atoms with Crippen LogP contribution in [-0.4, -0.2) is 28.0 Å². The number of rotatable bonds is 7. The fourth-order valence-electron chi connectivity index (χ4n) is 2.30. The molecule has 0 aliphatic rings. The summed E-state index contributed by atoms with van der Waals surface area (Å²) in [7, 11) is 0. The zero-order valence-corrected chi connectivity index (χ0v) is 13.9. The molecule has 0 saturated heterocycles. The lowest BCUT2D eigenvalue weighted by molar-refractivity contribution is 0.0949. The zero-order valence-electron chi connectivity index (χ0n) is 13.1. The summed E-state index contributed by atoms with van der Waals surface area (Å²) in [6, 6.07) is 8.15. The van der Waals surface area contributed by atoms with Gasteiger partial charge in [0.05, 0.1) is 30.8 Å². The number of furan rings is 1. The summed E-state index contributed by atoms with van der Waals surface area (Å²) in [6.45, 7) is 0.798. The molecule has 3 rings (SSSR count). The Morgan fingerprint density at radius 3 is 2.88 bits per heavy atom. The van der Waals surface area contributed by atoms with E-state index in [-0.39, 0.29) is 16.4 Å². The maximum absolute atomic E-state index is 12.6. The summed E-state index contributed by atoms with van der Waals surface area (Å²) in [5, 5.41) is 6.95. The number of nitrogens with one attached hydrogen (secondary N) is 1. The number of hydrogen-bond acceptors (Lipinski definition) is 4. The second-order valence-corrected chi connectivity index (χ2v) is 6.17. The third-order valence-corrected chi connectivity index (χ3v) is 4.25. The van der Waals surface area contributed by atoms with Gasteiger partial charge in [-0.15, -0.1) is 0 Å². The first-order valence-corrected chi connectivity index (χ1v) is 8.38. The molecule has 0 aliphatic heterocycles. The van der Waals surface area contributed by atoms with Gasteiger partial charge in [0.25, 0.3) is 11.7 Å². The minimum atomic E-state index is -2.57. The highest BCUT2D eigenvalue weighted by Crippen LogP contribution is 2.28. The van der Waals surface area contributed by atoms with Crippen molar-refractivity contribution in [2.24, 2.45) is 0 Å². The second-order valence-electron chi connectivity index (χ2n) is 5.13. The topological polar surface area (TPSA) is 60.1 Å². The van der Waals surface area contributed by atoms with Crippen LogP contribution in [0.4, 0.5) is 8.78 Å². The van der Waals surface area contributed by atoms with Gasteiger partial charge in [-0.05, 0) is 18.2 Å².